The minimum atomic E-state index is -0.358. The van der Waals surface area contributed by atoms with Gasteiger partial charge >= 0.3 is 0 Å². The molecular weight excluding hydrogens is 264 g/mol. The Morgan fingerprint density at radius 3 is 2.74 bits per heavy atom. The molecule has 100 valence electrons. The number of carbonyl (C=O) groups excluding carboxylic acids is 1. The Balaban J connectivity index is 0.00000133. The van der Waals surface area contributed by atoms with Gasteiger partial charge in [0.1, 0.15) is 17.4 Å². The number of piperidine rings is 1. The molecule has 0 amide bonds. The van der Waals surface area contributed by atoms with E-state index in [1.807, 2.05) is 0 Å². The highest BCUT2D eigenvalue weighted by Crippen LogP contribution is 2.39. The molecular formula is C14H15ClN2O2. The number of fused-ring (bicyclic) bond motifs is 1. The second-order valence-corrected chi connectivity index (χ2v) is 4.93. The van der Waals surface area contributed by atoms with Crippen molar-refractivity contribution in [3.05, 3.63) is 29.3 Å². The van der Waals surface area contributed by atoms with E-state index in [0.29, 0.717) is 23.3 Å². The molecule has 19 heavy (non-hydrogen) atoms. The lowest BCUT2D eigenvalue weighted by Gasteiger charge is -2.41. The van der Waals surface area contributed by atoms with Crippen LogP contribution in [0.15, 0.2) is 18.2 Å². The zero-order valence-corrected chi connectivity index (χ0v) is 11.3. The number of nitriles is 1. The molecule has 2 aliphatic rings. The summed E-state index contributed by atoms with van der Waals surface area (Å²) in [6, 6.07) is 7.29. The van der Waals surface area contributed by atoms with Gasteiger partial charge in [0.15, 0.2) is 5.78 Å². The number of hydrogen-bond donors (Lipinski definition) is 1. The van der Waals surface area contributed by atoms with Crippen molar-refractivity contribution in [2.45, 2.75) is 24.9 Å². The van der Waals surface area contributed by atoms with Crippen molar-refractivity contribution < 1.29 is 9.53 Å². The van der Waals surface area contributed by atoms with Gasteiger partial charge < -0.3 is 10.1 Å². The molecule has 5 heteroatoms. The third-order valence-corrected chi connectivity index (χ3v) is 3.75. The van der Waals surface area contributed by atoms with Crippen LogP contribution in [-0.4, -0.2) is 24.5 Å². The summed E-state index contributed by atoms with van der Waals surface area (Å²) in [5.74, 6) is 0.613. The van der Waals surface area contributed by atoms with Crippen LogP contribution in [-0.2, 0) is 0 Å². The molecule has 0 bridgehead atoms. The highest BCUT2D eigenvalue weighted by molar-refractivity contribution is 6.02. The molecule has 1 saturated heterocycles. The third-order valence-electron chi connectivity index (χ3n) is 3.75. The fourth-order valence-corrected chi connectivity index (χ4v) is 2.81. The second-order valence-electron chi connectivity index (χ2n) is 4.93. The molecule has 1 spiro atoms. The largest absolute Gasteiger partial charge is 0.486 e. The number of carbonyl (C=O) groups is 1. The van der Waals surface area contributed by atoms with Crippen molar-refractivity contribution in [1.82, 2.24) is 5.32 Å². The van der Waals surface area contributed by atoms with E-state index in [0.717, 1.165) is 25.9 Å². The van der Waals surface area contributed by atoms with Gasteiger partial charge in [-0.2, -0.15) is 5.26 Å². The molecule has 0 radical (unpaired) electrons. The molecule has 0 unspecified atom stereocenters. The quantitative estimate of drug-likeness (QED) is 0.789. The van der Waals surface area contributed by atoms with E-state index >= 15 is 0 Å². The van der Waals surface area contributed by atoms with Crippen LogP contribution in [0.2, 0.25) is 0 Å². The maximum absolute atomic E-state index is 12.3. The van der Waals surface area contributed by atoms with Gasteiger partial charge in [0.05, 0.1) is 17.5 Å². The average Bonchev–Trinajstić information content (AvgIpc) is 2.38. The number of ether oxygens (including phenoxy) is 1. The second kappa shape index (κ2) is 5.20. The maximum atomic E-state index is 12.3. The standard InChI is InChI=1S/C14H14N2O2.ClH/c15-9-10-2-1-3-12-13(10)11(17)8-14(18-12)4-6-16-7-5-14;/h1-3,16H,4-8H2;1H. The van der Waals surface area contributed by atoms with Crippen molar-refractivity contribution in [2.75, 3.05) is 13.1 Å². The normalized spacial score (nSPS) is 19.8. The number of rotatable bonds is 0. The van der Waals surface area contributed by atoms with E-state index in [4.69, 9.17) is 10.00 Å². The highest BCUT2D eigenvalue weighted by Gasteiger charge is 2.42. The maximum Gasteiger partial charge on any atom is 0.171 e. The predicted molar refractivity (Wildman–Crippen MR) is 72.8 cm³/mol. The monoisotopic (exact) mass is 278 g/mol. The zero-order valence-electron chi connectivity index (χ0n) is 10.4. The van der Waals surface area contributed by atoms with Crippen LogP contribution in [0.1, 0.15) is 35.2 Å². The Bertz CT molecular complexity index is 545. The summed E-state index contributed by atoms with van der Waals surface area (Å²) in [6.07, 6.45) is 2.07. The van der Waals surface area contributed by atoms with E-state index in [2.05, 4.69) is 11.4 Å². The summed E-state index contributed by atoms with van der Waals surface area (Å²) < 4.78 is 6.06. The van der Waals surface area contributed by atoms with Crippen molar-refractivity contribution in [2.24, 2.45) is 0 Å². The van der Waals surface area contributed by atoms with Gasteiger partial charge in [-0.15, -0.1) is 12.4 Å². The molecule has 0 saturated carbocycles. The van der Waals surface area contributed by atoms with Crippen molar-refractivity contribution in [1.29, 1.82) is 5.26 Å². The fourth-order valence-electron chi connectivity index (χ4n) is 2.81. The molecule has 2 heterocycles. The van der Waals surface area contributed by atoms with Crippen LogP contribution >= 0.6 is 12.4 Å². The molecule has 3 rings (SSSR count). The first-order valence-corrected chi connectivity index (χ1v) is 6.20. The number of benzene rings is 1. The summed E-state index contributed by atoms with van der Waals surface area (Å²) in [4.78, 5) is 12.3. The Morgan fingerprint density at radius 2 is 2.05 bits per heavy atom. The predicted octanol–water partition coefficient (Wildman–Crippen LogP) is 2.07. The van der Waals surface area contributed by atoms with Crippen molar-refractivity contribution in [3.8, 4) is 11.8 Å². The molecule has 1 aromatic rings. The summed E-state index contributed by atoms with van der Waals surface area (Å²) >= 11 is 0. The van der Waals surface area contributed by atoms with E-state index in [-0.39, 0.29) is 23.8 Å². The Kier molecular flexibility index (Phi) is 3.79. The number of halogens is 1. The topological polar surface area (TPSA) is 62.1 Å². The molecule has 1 N–H and O–H groups in total. The van der Waals surface area contributed by atoms with Gasteiger partial charge in [-0.05, 0) is 25.2 Å². The van der Waals surface area contributed by atoms with Crippen molar-refractivity contribution in [3.63, 3.8) is 0 Å². The summed E-state index contributed by atoms with van der Waals surface area (Å²) in [7, 11) is 0. The van der Waals surface area contributed by atoms with Crippen LogP contribution in [0.3, 0.4) is 0 Å². The Hall–Kier alpha value is -1.57. The summed E-state index contributed by atoms with van der Waals surface area (Å²) in [5, 5.41) is 12.3. The lowest BCUT2D eigenvalue weighted by atomic mass is 9.82. The number of ketones is 1. The van der Waals surface area contributed by atoms with Gasteiger partial charge in [0.25, 0.3) is 0 Å². The number of Topliss-reactive ketones (excluding diaryl/α,β-unsaturated/α-hetero) is 1. The lowest BCUT2D eigenvalue weighted by Crippen LogP contribution is -2.49. The summed E-state index contributed by atoms with van der Waals surface area (Å²) in [6.45, 7) is 1.75. The first-order valence-electron chi connectivity index (χ1n) is 6.20. The molecule has 0 aliphatic carbocycles. The Labute approximate surface area is 118 Å². The van der Waals surface area contributed by atoms with Gasteiger partial charge in [-0.1, -0.05) is 6.07 Å². The minimum absolute atomic E-state index is 0. The molecule has 1 fully saturated rings. The molecule has 0 atom stereocenters. The van der Waals surface area contributed by atoms with Crippen LogP contribution < -0.4 is 10.1 Å². The van der Waals surface area contributed by atoms with Crippen molar-refractivity contribution >= 4 is 18.2 Å². The first-order chi connectivity index (χ1) is 8.74. The SMILES string of the molecule is Cl.N#Cc1cccc2c1C(=O)CC1(CCNCC1)O2. The van der Waals surface area contributed by atoms with E-state index in [9.17, 15) is 4.79 Å². The van der Waals surface area contributed by atoms with Gasteiger partial charge in [-0.3, -0.25) is 4.79 Å². The van der Waals surface area contributed by atoms with E-state index in [1.54, 1.807) is 18.2 Å². The number of nitrogens with zero attached hydrogens (tertiary/aromatic N) is 1. The smallest absolute Gasteiger partial charge is 0.171 e. The van der Waals surface area contributed by atoms with E-state index in [1.165, 1.54) is 0 Å². The molecule has 1 aromatic carbocycles. The minimum Gasteiger partial charge on any atom is -0.486 e. The number of nitrogens with one attached hydrogen (secondary N) is 1. The van der Waals surface area contributed by atoms with E-state index < -0.39 is 0 Å². The third kappa shape index (κ3) is 2.32. The number of hydrogen-bond acceptors (Lipinski definition) is 4. The molecule has 2 aliphatic heterocycles. The zero-order chi connectivity index (χ0) is 12.6. The van der Waals surface area contributed by atoms with Gasteiger partial charge in [-0.25, -0.2) is 0 Å². The summed E-state index contributed by atoms with van der Waals surface area (Å²) in [5.41, 5.74) is 0.522. The average molecular weight is 279 g/mol. The molecule has 0 aromatic heterocycles. The van der Waals surface area contributed by atoms with Gasteiger partial charge in [0, 0.05) is 12.8 Å². The molecule has 4 nitrogen and oxygen atoms in total. The lowest BCUT2D eigenvalue weighted by molar-refractivity contribution is 0.0187. The highest BCUT2D eigenvalue weighted by atomic mass is 35.5. The van der Waals surface area contributed by atoms with Crippen LogP contribution in [0.5, 0.6) is 5.75 Å². The van der Waals surface area contributed by atoms with Gasteiger partial charge in [0.2, 0.25) is 0 Å². The van der Waals surface area contributed by atoms with Crippen LogP contribution in [0.4, 0.5) is 0 Å². The van der Waals surface area contributed by atoms with Crippen LogP contribution in [0.25, 0.3) is 0 Å². The van der Waals surface area contributed by atoms with Crippen LogP contribution in [0, 0.1) is 11.3 Å². The Morgan fingerprint density at radius 1 is 1.32 bits per heavy atom. The fraction of sp³-hybridized carbons (Fsp3) is 0.429. The first kappa shape index (κ1) is 13.9.